The highest BCUT2D eigenvalue weighted by molar-refractivity contribution is 7.89. The maximum absolute atomic E-state index is 13.8. The van der Waals surface area contributed by atoms with Crippen molar-refractivity contribution in [1.82, 2.24) is 4.72 Å². The van der Waals surface area contributed by atoms with E-state index in [9.17, 15) is 17.2 Å². The highest BCUT2D eigenvalue weighted by Crippen LogP contribution is 2.65. The third-order valence-corrected chi connectivity index (χ3v) is 6.79. The van der Waals surface area contributed by atoms with Gasteiger partial charge in [-0.2, -0.15) is 0 Å². The summed E-state index contributed by atoms with van der Waals surface area (Å²) in [4.78, 5) is -0.697. The molecule has 0 aromatic heterocycles. The number of benzene rings is 1. The van der Waals surface area contributed by atoms with Crippen LogP contribution in [-0.2, 0) is 10.0 Å². The lowest BCUT2D eigenvalue weighted by atomic mass is 10.0. The van der Waals surface area contributed by atoms with E-state index in [1.807, 2.05) is 0 Å². The van der Waals surface area contributed by atoms with E-state index in [1.54, 1.807) is 0 Å². The zero-order chi connectivity index (χ0) is 14.9. The van der Waals surface area contributed by atoms with Gasteiger partial charge in [-0.25, -0.2) is 21.9 Å². The van der Waals surface area contributed by atoms with E-state index < -0.39 is 26.6 Å². The number of fused-ring (bicyclic) bond motifs is 5. The first-order chi connectivity index (χ1) is 9.88. The number of sulfonamides is 1. The number of anilines is 1. The minimum absolute atomic E-state index is 0.106. The summed E-state index contributed by atoms with van der Waals surface area (Å²) in [6.07, 6.45) is 3.51. The van der Waals surface area contributed by atoms with Crippen LogP contribution in [0, 0.1) is 35.3 Å². The topological polar surface area (TPSA) is 72.2 Å². The van der Waals surface area contributed by atoms with Crippen molar-refractivity contribution in [2.24, 2.45) is 23.7 Å². The van der Waals surface area contributed by atoms with Crippen molar-refractivity contribution in [3.8, 4) is 0 Å². The average molecular weight is 314 g/mol. The van der Waals surface area contributed by atoms with Crippen LogP contribution in [0.1, 0.15) is 19.3 Å². The molecule has 3 fully saturated rings. The van der Waals surface area contributed by atoms with Gasteiger partial charge in [0, 0.05) is 11.7 Å². The van der Waals surface area contributed by atoms with Crippen LogP contribution in [0.2, 0.25) is 0 Å². The number of hydrogen-bond acceptors (Lipinski definition) is 3. The number of nitrogen functional groups attached to an aromatic ring is 1. The Bertz CT molecular complexity index is 706. The summed E-state index contributed by atoms with van der Waals surface area (Å²) in [7, 11) is -4.08. The van der Waals surface area contributed by atoms with Crippen molar-refractivity contribution in [3.05, 3.63) is 23.8 Å². The summed E-state index contributed by atoms with van der Waals surface area (Å²) in [6, 6.07) is 1.62. The molecule has 2 bridgehead atoms. The Morgan fingerprint density at radius 3 is 2.38 bits per heavy atom. The fraction of sp³-hybridized carbons (Fsp3) is 0.571. The van der Waals surface area contributed by atoms with Gasteiger partial charge in [0.2, 0.25) is 10.0 Å². The molecule has 3 saturated carbocycles. The molecule has 3 aliphatic carbocycles. The molecular formula is C14H16F2N2O2S. The second-order valence-corrected chi connectivity index (χ2v) is 8.13. The zero-order valence-electron chi connectivity index (χ0n) is 11.2. The molecule has 0 radical (unpaired) electrons. The molecule has 4 atom stereocenters. The van der Waals surface area contributed by atoms with Crippen molar-refractivity contribution in [2.45, 2.75) is 30.2 Å². The van der Waals surface area contributed by atoms with Gasteiger partial charge in [-0.05, 0) is 55.1 Å². The Labute approximate surface area is 121 Å². The highest BCUT2D eigenvalue weighted by Gasteiger charge is 2.65. The maximum Gasteiger partial charge on any atom is 0.243 e. The lowest BCUT2D eigenvalue weighted by Crippen LogP contribution is -2.31. The standard InChI is InChI=1S/C14H16F2N2O2S/c15-9-4-8(17)5-10(13(9)16)21(19,20)18-14-11-6-1-2-7(3-6)12(11)14/h4-7,11-12,14,18H,1-3,17H2. The first kappa shape index (κ1) is 13.5. The van der Waals surface area contributed by atoms with Crippen LogP contribution in [0.15, 0.2) is 17.0 Å². The maximum atomic E-state index is 13.8. The number of hydrogen-bond donors (Lipinski definition) is 2. The molecule has 4 unspecified atom stereocenters. The first-order valence-electron chi connectivity index (χ1n) is 7.15. The van der Waals surface area contributed by atoms with Crippen molar-refractivity contribution < 1.29 is 17.2 Å². The molecule has 21 heavy (non-hydrogen) atoms. The van der Waals surface area contributed by atoms with Crippen LogP contribution in [0.4, 0.5) is 14.5 Å². The summed E-state index contributed by atoms with van der Waals surface area (Å²) in [5, 5.41) is 0. The Morgan fingerprint density at radius 2 is 1.76 bits per heavy atom. The summed E-state index contributed by atoms with van der Waals surface area (Å²) in [5.74, 6) is -0.665. The number of nitrogens with one attached hydrogen (secondary N) is 1. The zero-order valence-corrected chi connectivity index (χ0v) is 12.0. The summed E-state index contributed by atoms with van der Waals surface area (Å²) >= 11 is 0. The predicted octanol–water partition coefficient (Wildman–Crippen LogP) is 1.87. The fourth-order valence-electron chi connectivity index (χ4n) is 4.51. The molecule has 4 rings (SSSR count). The predicted molar refractivity (Wildman–Crippen MR) is 72.7 cm³/mol. The van der Waals surface area contributed by atoms with Gasteiger partial charge in [-0.3, -0.25) is 0 Å². The molecular weight excluding hydrogens is 298 g/mol. The second-order valence-electron chi connectivity index (χ2n) is 6.45. The Morgan fingerprint density at radius 1 is 1.14 bits per heavy atom. The van der Waals surface area contributed by atoms with Gasteiger partial charge in [-0.1, -0.05) is 0 Å². The van der Waals surface area contributed by atoms with Gasteiger partial charge in [0.1, 0.15) is 4.90 Å². The van der Waals surface area contributed by atoms with Crippen molar-refractivity contribution in [2.75, 3.05) is 5.73 Å². The molecule has 0 amide bonds. The molecule has 0 heterocycles. The molecule has 3 N–H and O–H groups in total. The van der Waals surface area contributed by atoms with Gasteiger partial charge in [0.15, 0.2) is 11.6 Å². The Balaban J connectivity index is 1.61. The first-order valence-corrected chi connectivity index (χ1v) is 8.63. The van der Waals surface area contributed by atoms with Crippen LogP contribution < -0.4 is 10.5 Å². The van der Waals surface area contributed by atoms with E-state index in [0.29, 0.717) is 23.7 Å². The SMILES string of the molecule is Nc1cc(F)c(F)c(S(=O)(=O)NC2C3C4CCC(C4)C23)c1. The van der Waals surface area contributed by atoms with Crippen LogP contribution in [0.3, 0.4) is 0 Å². The van der Waals surface area contributed by atoms with E-state index >= 15 is 0 Å². The normalized spacial score (nSPS) is 36.8. The minimum atomic E-state index is -4.08. The summed E-state index contributed by atoms with van der Waals surface area (Å²) in [5.41, 5.74) is 5.31. The van der Waals surface area contributed by atoms with E-state index in [0.717, 1.165) is 25.0 Å². The molecule has 1 aromatic carbocycles. The van der Waals surface area contributed by atoms with Crippen LogP contribution in [0.25, 0.3) is 0 Å². The molecule has 0 spiro atoms. The van der Waals surface area contributed by atoms with Gasteiger partial charge in [0.25, 0.3) is 0 Å². The Kier molecular flexibility index (Phi) is 2.67. The lowest BCUT2D eigenvalue weighted by Gasteiger charge is -2.12. The van der Waals surface area contributed by atoms with Gasteiger partial charge in [-0.15, -0.1) is 0 Å². The van der Waals surface area contributed by atoms with Gasteiger partial charge >= 0.3 is 0 Å². The van der Waals surface area contributed by atoms with E-state index in [4.69, 9.17) is 5.73 Å². The molecule has 4 nitrogen and oxygen atoms in total. The van der Waals surface area contributed by atoms with Crippen LogP contribution >= 0.6 is 0 Å². The van der Waals surface area contributed by atoms with Crippen molar-refractivity contribution >= 4 is 15.7 Å². The Hall–Kier alpha value is -1.21. The van der Waals surface area contributed by atoms with Gasteiger partial charge < -0.3 is 5.73 Å². The molecule has 3 aliphatic rings. The largest absolute Gasteiger partial charge is 0.399 e. The van der Waals surface area contributed by atoms with E-state index in [-0.39, 0.29) is 11.7 Å². The van der Waals surface area contributed by atoms with E-state index in [1.165, 1.54) is 6.42 Å². The van der Waals surface area contributed by atoms with Crippen molar-refractivity contribution in [1.29, 1.82) is 0 Å². The third kappa shape index (κ3) is 1.90. The highest BCUT2D eigenvalue weighted by atomic mass is 32.2. The fourth-order valence-corrected chi connectivity index (χ4v) is 5.93. The minimum Gasteiger partial charge on any atom is -0.399 e. The molecule has 7 heteroatoms. The lowest BCUT2D eigenvalue weighted by molar-refractivity contribution is 0.456. The molecule has 0 aliphatic heterocycles. The number of halogens is 2. The quantitative estimate of drug-likeness (QED) is 0.837. The molecule has 114 valence electrons. The summed E-state index contributed by atoms with van der Waals surface area (Å²) < 4.78 is 54.2. The average Bonchev–Trinajstić information content (AvgIpc) is 2.82. The van der Waals surface area contributed by atoms with Crippen molar-refractivity contribution in [3.63, 3.8) is 0 Å². The summed E-state index contributed by atoms with van der Waals surface area (Å²) in [6.45, 7) is 0. The second kappa shape index (κ2) is 4.16. The van der Waals surface area contributed by atoms with Crippen LogP contribution in [-0.4, -0.2) is 14.5 Å². The third-order valence-electron chi connectivity index (χ3n) is 5.33. The van der Waals surface area contributed by atoms with E-state index in [2.05, 4.69) is 4.72 Å². The number of rotatable bonds is 3. The molecule has 0 saturated heterocycles. The number of nitrogens with two attached hydrogens (primary N) is 1. The monoisotopic (exact) mass is 314 g/mol. The molecule has 1 aromatic rings. The van der Waals surface area contributed by atoms with Gasteiger partial charge in [0.05, 0.1) is 0 Å². The smallest absolute Gasteiger partial charge is 0.243 e. The van der Waals surface area contributed by atoms with Crippen LogP contribution in [0.5, 0.6) is 0 Å².